The number of nitrogens with one attached hydrogen (secondary N) is 1. The lowest BCUT2D eigenvalue weighted by Gasteiger charge is -2.36. The summed E-state index contributed by atoms with van der Waals surface area (Å²) in [5, 5.41) is 34.6. The van der Waals surface area contributed by atoms with Crippen molar-refractivity contribution in [2.75, 3.05) is 5.75 Å². The number of carbonyl (C=O) groups excluding carboxylic acids is 1. The fraction of sp³-hybridized carbons (Fsp3) is 0.235. The third-order valence-electron chi connectivity index (χ3n) is 7.76. The number of ether oxygens (including phenoxy) is 2. The fourth-order valence-corrected chi connectivity index (χ4v) is 6.38. The number of rotatable bonds is 10. The van der Waals surface area contributed by atoms with Crippen LogP contribution in [0.2, 0.25) is 0 Å². The van der Waals surface area contributed by atoms with E-state index in [0.29, 0.717) is 17.3 Å². The molecule has 1 amide bonds. The molecule has 10 nitrogen and oxygen atoms in total. The maximum Gasteiger partial charge on any atom is 0.272 e. The van der Waals surface area contributed by atoms with Crippen molar-refractivity contribution in [1.82, 2.24) is 25.5 Å². The summed E-state index contributed by atoms with van der Waals surface area (Å²) in [6.45, 7) is 0.146. The van der Waals surface area contributed by atoms with Gasteiger partial charge in [-0.3, -0.25) is 4.79 Å². The number of tetrazole rings is 1. The topological polar surface area (TPSA) is 132 Å². The van der Waals surface area contributed by atoms with Gasteiger partial charge in [0.2, 0.25) is 5.16 Å². The van der Waals surface area contributed by atoms with Gasteiger partial charge in [0.05, 0.1) is 24.5 Å². The predicted molar refractivity (Wildman–Crippen MR) is 184 cm³/mol. The molecule has 1 aliphatic rings. The fourth-order valence-electron chi connectivity index (χ4n) is 5.27. The van der Waals surface area contributed by atoms with E-state index >= 15 is 0 Å². The molecule has 0 unspecified atom stereocenters. The van der Waals surface area contributed by atoms with Gasteiger partial charge in [-0.1, -0.05) is 119 Å². The summed E-state index contributed by atoms with van der Waals surface area (Å²) in [5.41, 5.74) is 6.06. The third kappa shape index (κ3) is 8.30. The summed E-state index contributed by atoms with van der Waals surface area (Å²) in [6, 6.07) is 29.9. The van der Waals surface area contributed by atoms with Gasteiger partial charge in [0.25, 0.3) is 9.70 Å². The number of benzene rings is 4. The van der Waals surface area contributed by atoms with Crippen LogP contribution in [0.15, 0.2) is 102 Å². The quantitative estimate of drug-likeness (QED) is 0.104. The molecule has 1 saturated heterocycles. The first-order valence-electron chi connectivity index (χ1n) is 14.9. The number of aliphatic hydroxyl groups is 1. The molecule has 0 saturated carbocycles. The number of aliphatic hydroxyl groups excluding tert-OH is 1. The highest BCUT2D eigenvalue weighted by Gasteiger charge is 2.33. The summed E-state index contributed by atoms with van der Waals surface area (Å²) in [7, 11) is 0. The van der Waals surface area contributed by atoms with Crippen molar-refractivity contribution in [3.63, 3.8) is 0 Å². The van der Waals surface area contributed by atoms with Crippen LogP contribution in [0.1, 0.15) is 41.1 Å². The van der Waals surface area contributed by atoms with E-state index < -0.39 is 16.0 Å². The Balaban J connectivity index is 1.21. The Morgan fingerprint density at radius 3 is 2.35 bits per heavy atom. The Bertz CT molecular complexity index is 1840. The molecule has 4 aromatic carbocycles. The number of phenols is 1. The predicted octanol–water partition coefficient (Wildman–Crippen LogP) is 6.85. The Labute approximate surface area is 295 Å². The normalized spacial score (nSPS) is 18.0. The van der Waals surface area contributed by atoms with E-state index in [0.717, 1.165) is 39.1 Å². The molecule has 0 spiro atoms. The maximum absolute atomic E-state index is 12.1. The van der Waals surface area contributed by atoms with E-state index in [9.17, 15) is 15.0 Å². The van der Waals surface area contributed by atoms with Gasteiger partial charge in [-0.2, -0.15) is 4.68 Å². The van der Waals surface area contributed by atoms with Crippen molar-refractivity contribution in [1.29, 1.82) is 0 Å². The second kappa shape index (κ2) is 15.3. The first kappa shape index (κ1) is 34.2. The van der Waals surface area contributed by atoms with Crippen LogP contribution in [0.4, 0.5) is 0 Å². The maximum atomic E-state index is 12.1. The smallest absolute Gasteiger partial charge is 0.272 e. The van der Waals surface area contributed by atoms with Gasteiger partial charge in [-0.15, -0.1) is 5.10 Å². The number of halogens is 3. The van der Waals surface area contributed by atoms with Gasteiger partial charge in [0, 0.05) is 24.3 Å². The zero-order chi connectivity index (χ0) is 33.7. The lowest BCUT2D eigenvalue weighted by molar-refractivity contribution is -0.245. The van der Waals surface area contributed by atoms with E-state index in [-0.39, 0.29) is 31.1 Å². The van der Waals surface area contributed by atoms with Crippen LogP contribution >= 0.6 is 46.6 Å². The molecule has 6 rings (SSSR count). The number of aromatic nitrogens is 4. The van der Waals surface area contributed by atoms with Crippen LogP contribution in [0.5, 0.6) is 5.75 Å². The number of amides is 1. The third-order valence-corrected chi connectivity index (χ3v) is 9.32. The minimum absolute atomic E-state index is 0.0404. The molecule has 1 aromatic heterocycles. The molecular weight excluding hydrogens is 697 g/mol. The first-order valence-corrected chi connectivity index (χ1v) is 17.0. The van der Waals surface area contributed by atoms with Gasteiger partial charge in [-0.25, -0.2) is 0 Å². The van der Waals surface area contributed by atoms with Gasteiger partial charge in [0.15, 0.2) is 6.29 Å². The molecule has 5 aromatic rings. The highest BCUT2D eigenvalue weighted by Crippen LogP contribution is 2.40. The summed E-state index contributed by atoms with van der Waals surface area (Å²) in [5.74, 6) is 0.00682. The van der Waals surface area contributed by atoms with E-state index in [4.69, 9.17) is 44.3 Å². The monoisotopic (exact) mass is 725 g/mol. The minimum Gasteiger partial charge on any atom is -0.508 e. The summed E-state index contributed by atoms with van der Waals surface area (Å²) in [4.78, 5) is 12.1. The molecular formula is C34H30Cl3N5O5S. The summed E-state index contributed by atoms with van der Waals surface area (Å²) >= 11 is 18.6. The Kier molecular flexibility index (Phi) is 10.9. The number of nitrogens with zero attached hydrogens (tertiary/aromatic N) is 4. The van der Waals surface area contributed by atoms with Crippen molar-refractivity contribution in [2.24, 2.45) is 0 Å². The van der Waals surface area contributed by atoms with Crippen LogP contribution in [0, 0.1) is 0 Å². The van der Waals surface area contributed by atoms with Crippen molar-refractivity contribution < 1.29 is 24.5 Å². The van der Waals surface area contributed by atoms with E-state index in [2.05, 4.69) is 20.8 Å². The Hall–Kier alpha value is -3.68. The van der Waals surface area contributed by atoms with Crippen molar-refractivity contribution in [3.05, 3.63) is 119 Å². The molecule has 3 N–H and O–H groups in total. The molecule has 1 aliphatic heterocycles. The molecule has 48 heavy (non-hydrogen) atoms. The SMILES string of the molecule is O=C(NCc1ccccc1-c1ccc([C@@H]2O[C@H](CSc3nnnn3-c3ccc(O)cc3)C[C@H](c3ccc(CO)cc3)O2)cc1)C(Cl)(Cl)Cl. The van der Waals surface area contributed by atoms with Crippen molar-refractivity contribution >= 4 is 52.5 Å². The highest BCUT2D eigenvalue weighted by molar-refractivity contribution is 7.99. The Morgan fingerprint density at radius 2 is 1.65 bits per heavy atom. The van der Waals surface area contributed by atoms with Crippen LogP contribution in [0.3, 0.4) is 0 Å². The lowest BCUT2D eigenvalue weighted by atomic mass is 9.98. The van der Waals surface area contributed by atoms with Crippen molar-refractivity contribution in [3.8, 4) is 22.6 Å². The van der Waals surface area contributed by atoms with Crippen molar-refractivity contribution in [2.45, 2.75) is 47.0 Å². The standard InChI is InChI=1S/C34H30Cl3N5O5S/c35-34(36,37)32(45)38-18-25-3-1-2-4-29(25)22-9-11-24(12-10-22)31-46-28(17-30(47-31)23-7-5-21(19-43)6-8-23)20-48-33-39-40-41-42(33)26-13-15-27(44)16-14-26/h1-16,28,30-31,43-44H,17-20H2,(H,38,45)/t28-,30+,31+/m0/s1. The molecule has 0 aliphatic carbocycles. The van der Waals surface area contributed by atoms with Gasteiger partial charge < -0.3 is 25.0 Å². The van der Waals surface area contributed by atoms with Gasteiger partial charge >= 0.3 is 0 Å². The second-order valence-electron chi connectivity index (χ2n) is 11.0. The summed E-state index contributed by atoms with van der Waals surface area (Å²) in [6.07, 6.45) is -0.554. The largest absolute Gasteiger partial charge is 0.508 e. The molecule has 1 fully saturated rings. The number of thioether (sulfide) groups is 1. The van der Waals surface area contributed by atoms with Gasteiger partial charge in [0.1, 0.15) is 5.75 Å². The second-order valence-corrected chi connectivity index (χ2v) is 14.3. The molecule has 14 heteroatoms. The molecule has 0 bridgehead atoms. The molecule has 248 valence electrons. The van der Waals surface area contributed by atoms with E-state index in [1.807, 2.05) is 72.8 Å². The zero-order valence-corrected chi connectivity index (χ0v) is 28.3. The van der Waals surface area contributed by atoms with Crippen LogP contribution in [0.25, 0.3) is 16.8 Å². The number of aromatic hydroxyl groups is 1. The van der Waals surface area contributed by atoms with Crippen LogP contribution < -0.4 is 5.32 Å². The Morgan fingerprint density at radius 1 is 0.938 bits per heavy atom. The number of phenolic OH excluding ortho intramolecular Hbond substituents is 1. The highest BCUT2D eigenvalue weighted by atomic mass is 35.6. The van der Waals surface area contributed by atoms with Gasteiger partial charge in [-0.05, 0) is 62.5 Å². The number of alkyl halides is 3. The van der Waals surface area contributed by atoms with Crippen LogP contribution in [-0.2, 0) is 27.4 Å². The average Bonchev–Trinajstić information content (AvgIpc) is 3.58. The average molecular weight is 727 g/mol. The first-order chi connectivity index (χ1) is 23.2. The minimum atomic E-state index is -2.05. The molecule has 3 atom stereocenters. The van der Waals surface area contributed by atoms with E-state index in [1.165, 1.54) is 11.8 Å². The van der Waals surface area contributed by atoms with E-state index in [1.54, 1.807) is 28.9 Å². The number of carbonyl (C=O) groups is 1. The van der Waals surface area contributed by atoms with Crippen LogP contribution in [-0.4, -0.2) is 52.0 Å². The summed E-state index contributed by atoms with van der Waals surface area (Å²) < 4.78 is 12.6. The zero-order valence-electron chi connectivity index (χ0n) is 25.2. The number of hydrogen-bond donors (Lipinski definition) is 3. The lowest BCUT2D eigenvalue weighted by Crippen LogP contribution is -2.34. The molecule has 2 heterocycles. The molecule has 0 radical (unpaired) electrons. The number of hydrogen-bond acceptors (Lipinski definition) is 9.